The highest BCUT2D eigenvalue weighted by atomic mass is 35.5. The minimum Gasteiger partial charge on any atom is -0.389 e. The predicted octanol–water partition coefficient (Wildman–Crippen LogP) is 3.31. The molecule has 0 radical (unpaired) electrons. The monoisotopic (exact) mass is 556 g/mol. The second-order valence-corrected chi connectivity index (χ2v) is 12.0. The third-order valence-electron chi connectivity index (χ3n) is 6.45. The van der Waals surface area contributed by atoms with Gasteiger partial charge in [-0.1, -0.05) is 47.0 Å². The fraction of sp³-hybridized carbons (Fsp3) is 0.480. The lowest BCUT2D eigenvalue weighted by atomic mass is 9.96. The Morgan fingerprint density at radius 1 is 1.11 bits per heavy atom. The Hall–Kier alpha value is -1.72. The number of aliphatic hydroxyl groups is 1. The number of sulfonamides is 1. The van der Waals surface area contributed by atoms with Crippen LogP contribution < -0.4 is 5.32 Å². The molecule has 4 rings (SSSR count). The SMILES string of the molecule is Cc1ccc(S(=O)(=O)N2C[C@@H](O)COC[C@@H]3O[C@@H](CC(=O)NCc4ccc(Cl)c(Cl)c4)CC[C@H]32)cc1. The van der Waals surface area contributed by atoms with Crippen molar-refractivity contribution < 1.29 is 27.8 Å². The maximum atomic E-state index is 13.5. The summed E-state index contributed by atoms with van der Waals surface area (Å²) in [5.41, 5.74) is 1.78. The Bertz CT molecular complexity index is 1180. The largest absolute Gasteiger partial charge is 0.389 e. The van der Waals surface area contributed by atoms with Crippen LogP contribution in [0, 0.1) is 6.92 Å². The first kappa shape index (κ1) is 27.3. The van der Waals surface area contributed by atoms with E-state index in [2.05, 4.69) is 5.32 Å². The molecule has 196 valence electrons. The molecule has 2 aromatic rings. The molecule has 4 atom stereocenters. The maximum Gasteiger partial charge on any atom is 0.243 e. The van der Waals surface area contributed by atoms with Gasteiger partial charge < -0.3 is 19.9 Å². The Morgan fingerprint density at radius 2 is 1.86 bits per heavy atom. The van der Waals surface area contributed by atoms with Crippen LogP contribution in [0.2, 0.25) is 10.0 Å². The quantitative estimate of drug-likeness (QED) is 0.565. The van der Waals surface area contributed by atoms with Crippen molar-refractivity contribution in [3.05, 3.63) is 63.6 Å². The molecule has 8 nitrogen and oxygen atoms in total. The van der Waals surface area contributed by atoms with Gasteiger partial charge in [0.25, 0.3) is 0 Å². The zero-order valence-electron chi connectivity index (χ0n) is 19.9. The third-order valence-corrected chi connectivity index (χ3v) is 9.09. The number of hydrogen-bond donors (Lipinski definition) is 2. The summed E-state index contributed by atoms with van der Waals surface area (Å²) >= 11 is 12.0. The van der Waals surface area contributed by atoms with Crippen LogP contribution in [0.5, 0.6) is 0 Å². The van der Waals surface area contributed by atoms with E-state index in [0.29, 0.717) is 29.4 Å². The summed E-state index contributed by atoms with van der Waals surface area (Å²) in [4.78, 5) is 12.7. The van der Waals surface area contributed by atoms with Crippen molar-refractivity contribution >= 4 is 39.1 Å². The number of halogens is 2. The van der Waals surface area contributed by atoms with Crippen molar-refractivity contribution in [1.29, 1.82) is 0 Å². The average molecular weight is 557 g/mol. The van der Waals surface area contributed by atoms with E-state index in [1.54, 1.807) is 42.5 Å². The number of ether oxygens (including phenoxy) is 2. The first-order valence-electron chi connectivity index (χ1n) is 11.8. The molecule has 2 N–H and O–H groups in total. The summed E-state index contributed by atoms with van der Waals surface area (Å²) in [7, 11) is -3.87. The van der Waals surface area contributed by atoms with Gasteiger partial charge in [-0.15, -0.1) is 0 Å². The summed E-state index contributed by atoms with van der Waals surface area (Å²) in [6.45, 7) is 2.23. The number of benzene rings is 2. The smallest absolute Gasteiger partial charge is 0.243 e. The molecule has 0 unspecified atom stereocenters. The summed E-state index contributed by atoms with van der Waals surface area (Å²) in [6, 6.07) is 11.3. The van der Waals surface area contributed by atoms with Gasteiger partial charge in [0.1, 0.15) is 0 Å². The average Bonchev–Trinajstić information content (AvgIpc) is 2.83. The first-order valence-corrected chi connectivity index (χ1v) is 14.0. The molecule has 2 aromatic carbocycles. The van der Waals surface area contributed by atoms with E-state index in [9.17, 15) is 18.3 Å². The molecule has 0 saturated carbocycles. The Kier molecular flexibility index (Phi) is 8.93. The zero-order valence-corrected chi connectivity index (χ0v) is 22.2. The molecule has 2 fully saturated rings. The zero-order chi connectivity index (χ0) is 25.9. The van der Waals surface area contributed by atoms with Crippen LogP contribution in [-0.4, -0.2) is 67.8 Å². The van der Waals surface area contributed by atoms with Crippen LogP contribution in [-0.2, 0) is 30.8 Å². The van der Waals surface area contributed by atoms with Gasteiger partial charge in [0, 0.05) is 13.1 Å². The maximum absolute atomic E-state index is 13.5. The summed E-state index contributed by atoms with van der Waals surface area (Å²) in [5.74, 6) is -0.184. The second-order valence-electron chi connectivity index (χ2n) is 9.25. The van der Waals surface area contributed by atoms with Crippen molar-refractivity contribution in [3.8, 4) is 0 Å². The number of fused-ring (bicyclic) bond motifs is 1. The van der Waals surface area contributed by atoms with E-state index in [1.807, 2.05) is 6.92 Å². The van der Waals surface area contributed by atoms with Crippen LogP contribution in [0.1, 0.15) is 30.4 Å². The molecule has 2 aliphatic rings. The number of β-amino-alcohol motifs (C(OH)–C–C–N with tert-alkyl or cyclic N) is 1. The van der Waals surface area contributed by atoms with Gasteiger partial charge in [0.2, 0.25) is 15.9 Å². The van der Waals surface area contributed by atoms with E-state index in [1.165, 1.54) is 4.31 Å². The highest BCUT2D eigenvalue weighted by Crippen LogP contribution is 2.31. The van der Waals surface area contributed by atoms with E-state index in [4.69, 9.17) is 32.7 Å². The molecule has 11 heteroatoms. The van der Waals surface area contributed by atoms with Gasteiger partial charge in [-0.05, 0) is 49.6 Å². The minimum absolute atomic E-state index is 0.00129. The molecule has 36 heavy (non-hydrogen) atoms. The molecule has 0 spiro atoms. The molecule has 0 aromatic heterocycles. The van der Waals surface area contributed by atoms with Crippen molar-refractivity contribution in [2.45, 2.75) is 62.0 Å². The number of rotatable bonds is 6. The normalized spacial score (nSPS) is 25.4. The van der Waals surface area contributed by atoms with Crippen LogP contribution in [0.4, 0.5) is 0 Å². The Labute approximate surface area is 221 Å². The van der Waals surface area contributed by atoms with Crippen molar-refractivity contribution in [1.82, 2.24) is 9.62 Å². The highest BCUT2D eigenvalue weighted by molar-refractivity contribution is 7.89. The molecule has 2 saturated heterocycles. The van der Waals surface area contributed by atoms with Crippen molar-refractivity contribution in [2.24, 2.45) is 0 Å². The number of aliphatic hydroxyl groups excluding tert-OH is 1. The molecule has 2 heterocycles. The lowest BCUT2D eigenvalue weighted by Gasteiger charge is -2.43. The molecular weight excluding hydrogens is 527 g/mol. The molecule has 0 bridgehead atoms. The molecule has 0 aliphatic carbocycles. The number of nitrogens with one attached hydrogen (secondary N) is 1. The van der Waals surface area contributed by atoms with Gasteiger partial charge >= 0.3 is 0 Å². The molecule has 2 aliphatic heterocycles. The number of hydrogen-bond acceptors (Lipinski definition) is 6. The van der Waals surface area contributed by atoms with Gasteiger partial charge in [-0.2, -0.15) is 4.31 Å². The number of amides is 1. The number of carbonyl (C=O) groups is 1. The topological polar surface area (TPSA) is 105 Å². The van der Waals surface area contributed by atoms with Crippen molar-refractivity contribution in [3.63, 3.8) is 0 Å². The number of aryl methyl sites for hydroxylation is 1. The minimum atomic E-state index is -3.87. The first-order chi connectivity index (χ1) is 17.1. The van der Waals surface area contributed by atoms with Gasteiger partial charge in [-0.3, -0.25) is 4.79 Å². The van der Waals surface area contributed by atoms with Gasteiger partial charge in [0.15, 0.2) is 0 Å². The second kappa shape index (κ2) is 11.8. The van der Waals surface area contributed by atoms with Gasteiger partial charge in [-0.25, -0.2) is 8.42 Å². The van der Waals surface area contributed by atoms with Crippen molar-refractivity contribution in [2.75, 3.05) is 19.8 Å². The van der Waals surface area contributed by atoms with Crippen LogP contribution >= 0.6 is 23.2 Å². The lowest BCUT2D eigenvalue weighted by molar-refractivity contribution is -0.146. The number of nitrogens with zero attached hydrogens (tertiary/aromatic N) is 1. The highest BCUT2D eigenvalue weighted by Gasteiger charge is 2.43. The standard InChI is InChI=1S/C25H30Cl2N2O6S/c1-16-2-6-20(7-3-16)36(32,33)29-13-18(30)14-34-15-24-23(29)9-5-19(35-24)11-25(31)28-12-17-4-8-21(26)22(27)10-17/h2-4,6-8,10,18-19,23-24,30H,5,9,11-15H2,1H3,(H,28,31)/t18-,19-,23-,24+/m1/s1. The van der Waals surface area contributed by atoms with Gasteiger partial charge in [0.05, 0.1) is 58.9 Å². The van der Waals surface area contributed by atoms with E-state index in [-0.39, 0.29) is 43.1 Å². The predicted molar refractivity (Wildman–Crippen MR) is 137 cm³/mol. The third kappa shape index (κ3) is 6.58. The molecular formula is C25H30Cl2N2O6S. The fourth-order valence-corrected chi connectivity index (χ4v) is 6.58. The van der Waals surface area contributed by atoms with E-state index >= 15 is 0 Å². The molecule has 1 amide bonds. The Morgan fingerprint density at radius 3 is 2.58 bits per heavy atom. The Balaban J connectivity index is 1.42. The van der Waals surface area contributed by atoms with E-state index in [0.717, 1.165) is 11.1 Å². The fourth-order valence-electron chi connectivity index (χ4n) is 4.55. The summed E-state index contributed by atoms with van der Waals surface area (Å²) in [5, 5.41) is 14.1. The number of carbonyl (C=O) groups excluding carboxylic acids is 1. The summed E-state index contributed by atoms with van der Waals surface area (Å²) < 4.78 is 40.2. The summed E-state index contributed by atoms with van der Waals surface area (Å²) in [6.07, 6.45) is -0.765. The van der Waals surface area contributed by atoms with Crippen LogP contribution in [0.25, 0.3) is 0 Å². The van der Waals surface area contributed by atoms with Crippen LogP contribution in [0.3, 0.4) is 0 Å². The lowest BCUT2D eigenvalue weighted by Crippen LogP contribution is -2.57. The van der Waals surface area contributed by atoms with Crippen LogP contribution in [0.15, 0.2) is 47.4 Å². The van der Waals surface area contributed by atoms with E-state index < -0.39 is 28.3 Å².